The highest BCUT2D eigenvalue weighted by atomic mass is 35.5. The number of amides is 1. The Morgan fingerprint density at radius 3 is 2.34 bits per heavy atom. The number of halogens is 8. The molecule has 0 saturated heterocycles. The maximum absolute atomic E-state index is 15.5. The van der Waals surface area contributed by atoms with E-state index in [4.69, 9.17) is 16.6 Å². The average molecular weight is 924 g/mol. The molecule has 8 rings (SSSR count). The molecule has 2 N–H and O–H groups in total. The smallest absolute Gasteiger partial charge is 0.346 e. The number of alkyl halides is 5. The van der Waals surface area contributed by atoms with E-state index in [1.165, 1.54) is 43.0 Å². The molecule has 4 atom stereocenters. The number of sulfone groups is 1. The van der Waals surface area contributed by atoms with Crippen LogP contribution >= 0.6 is 11.6 Å². The second-order valence-electron chi connectivity index (χ2n) is 16.5. The first kappa shape index (κ1) is 43.5. The first-order chi connectivity index (χ1) is 28.8. The lowest BCUT2D eigenvalue weighted by Gasteiger charge is -2.23. The van der Waals surface area contributed by atoms with Crippen LogP contribution in [-0.2, 0) is 56.5 Å². The quantitative estimate of drug-likeness (QED) is 0.0796. The van der Waals surface area contributed by atoms with Crippen LogP contribution in [0.4, 0.5) is 36.6 Å². The van der Waals surface area contributed by atoms with Gasteiger partial charge in [-0.15, -0.1) is 0 Å². The van der Waals surface area contributed by atoms with Crippen molar-refractivity contribution < 1.29 is 48.2 Å². The number of fused-ring (bicyclic) bond motifs is 4. The molecule has 2 aromatic carbocycles. The third-order valence-electron chi connectivity index (χ3n) is 11.2. The van der Waals surface area contributed by atoms with Crippen LogP contribution in [0.3, 0.4) is 0 Å². The van der Waals surface area contributed by atoms with Crippen molar-refractivity contribution in [1.29, 1.82) is 0 Å². The molecule has 62 heavy (non-hydrogen) atoms. The Morgan fingerprint density at radius 1 is 1.05 bits per heavy atom. The highest BCUT2D eigenvalue weighted by Crippen LogP contribution is 2.68. The van der Waals surface area contributed by atoms with Crippen LogP contribution in [0.15, 0.2) is 42.5 Å². The number of benzene rings is 2. The molecule has 1 unspecified atom stereocenters. The zero-order valence-corrected chi connectivity index (χ0v) is 35.7. The molecule has 3 aromatic heterocycles. The molecule has 2 fully saturated rings. The van der Waals surface area contributed by atoms with Crippen molar-refractivity contribution in [3.63, 3.8) is 0 Å². The highest BCUT2D eigenvalue weighted by molar-refractivity contribution is 8.00. The summed E-state index contributed by atoms with van der Waals surface area (Å²) in [5, 5.41) is 10.5. The maximum atomic E-state index is 15.5. The molecule has 21 heteroatoms. The van der Waals surface area contributed by atoms with Gasteiger partial charge in [-0.25, -0.2) is 26.4 Å². The predicted molar refractivity (Wildman–Crippen MR) is 220 cm³/mol. The summed E-state index contributed by atoms with van der Waals surface area (Å²) in [6.45, 7) is 1.80. The number of pyridine rings is 1. The van der Waals surface area contributed by atoms with Crippen LogP contribution in [0.5, 0.6) is 0 Å². The largest absolute Gasteiger partial charge is 0.435 e. The number of aromatic nitrogens is 5. The first-order valence-electron chi connectivity index (χ1n) is 19.1. The molecule has 0 spiro atoms. The van der Waals surface area contributed by atoms with Crippen molar-refractivity contribution in [2.24, 2.45) is 13.0 Å². The molecular formula is C41H37ClF7N7O4S2. The second-order valence-corrected chi connectivity index (χ2v) is 21.9. The summed E-state index contributed by atoms with van der Waals surface area (Å²) in [6, 6.07) is 7.27. The molecule has 0 radical (unpaired) electrons. The lowest BCUT2D eigenvalue weighted by Crippen LogP contribution is -2.35. The minimum atomic E-state index is -5.09. The van der Waals surface area contributed by atoms with Crippen LogP contribution < -0.4 is 10.0 Å². The van der Waals surface area contributed by atoms with E-state index in [-0.39, 0.29) is 39.8 Å². The summed E-state index contributed by atoms with van der Waals surface area (Å²) in [5.74, 6) is 0.136. The molecule has 0 aliphatic heterocycles. The lowest BCUT2D eigenvalue weighted by atomic mass is 9.93. The van der Waals surface area contributed by atoms with Gasteiger partial charge in [0.2, 0.25) is 5.91 Å². The molecule has 2 saturated carbocycles. The second kappa shape index (κ2) is 14.7. The zero-order valence-electron chi connectivity index (χ0n) is 33.3. The Balaban J connectivity index is 1.29. The molecule has 3 aliphatic carbocycles. The molecular weight excluding hydrogens is 887 g/mol. The standard InChI is InChI=1S/C41H37ClF7N7O4S2/c1-39(2,62(59,60)24-7-8-24)13-12-23-6-9-25(26-10-11-29(42)33-35(26)55(3)53-38(33)54-61(4,5)58)34(50-23)30(16-20-14-21(43)17-22(44)15-20)51-31(57)19-56-37-32(36(52-56)41(47,48)49)27-18-28(27)40(37,45)46/h6,9-11,14-15,17,24,27-28,30H,4,7-8,16,18-19H2,1-3,5H3,(H,51,57)(H,53,54,58)/t27-,28+,30-,61?/m0/s1. The molecule has 1 amide bonds. The number of anilines is 1. The monoisotopic (exact) mass is 923 g/mol. The normalized spacial score (nSPS) is 19.5. The molecule has 0 bridgehead atoms. The van der Waals surface area contributed by atoms with E-state index < -0.39 is 107 Å². The molecule has 328 valence electrons. The number of carbonyl (C=O) groups excluding carboxylic acids is 1. The fraction of sp³-hybridized carbons (Fsp3) is 0.390. The fourth-order valence-electron chi connectivity index (χ4n) is 8.14. The van der Waals surface area contributed by atoms with E-state index in [0.29, 0.717) is 40.1 Å². The van der Waals surface area contributed by atoms with Gasteiger partial charge in [0.15, 0.2) is 21.3 Å². The van der Waals surface area contributed by atoms with E-state index in [1.54, 1.807) is 13.1 Å². The number of nitrogens with one attached hydrogen (secondary N) is 2. The highest BCUT2D eigenvalue weighted by Gasteiger charge is 2.68. The Bertz CT molecular complexity index is 2990. The molecule has 3 aliphatic rings. The summed E-state index contributed by atoms with van der Waals surface area (Å²) in [5.41, 5.74) is -2.30. The topological polar surface area (TPSA) is 141 Å². The first-order valence-corrected chi connectivity index (χ1v) is 23.2. The van der Waals surface area contributed by atoms with E-state index in [2.05, 4.69) is 37.9 Å². The van der Waals surface area contributed by atoms with Crippen molar-refractivity contribution in [3.8, 4) is 23.0 Å². The van der Waals surface area contributed by atoms with E-state index in [1.807, 2.05) is 0 Å². The minimum absolute atomic E-state index is 0.00794. The zero-order chi connectivity index (χ0) is 45.1. The summed E-state index contributed by atoms with van der Waals surface area (Å²) in [4.78, 5) is 18.8. The van der Waals surface area contributed by atoms with Crippen LogP contribution in [0.25, 0.3) is 22.0 Å². The fourth-order valence-corrected chi connectivity index (χ4v) is 10.7. The number of aryl methyl sites for hydroxylation is 1. The Hall–Kier alpha value is -5.13. The summed E-state index contributed by atoms with van der Waals surface area (Å²) < 4.78 is 145. The van der Waals surface area contributed by atoms with Crippen LogP contribution in [0, 0.1) is 29.4 Å². The molecule has 11 nitrogen and oxygen atoms in total. The summed E-state index contributed by atoms with van der Waals surface area (Å²) in [6.07, 6.45) is -3.34. The molecule has 3 heterocycles. The molecule has 5 aromatic rings. The van der Waals surface area contributed by atoms with Gasteiger partial charge in [0.05, 0.1) is 32.9 Å². The van der Waals surface area contributed by atoms with Gasteiger partial charge in [0, 0.05) is 51.7 Å². The Morgan fingerprint density at radius 2 is 1.71 bits per heavy atom. The predicted octanol–water partition coefficient (Wildman–Crippen LogP) is 7.47. The van der Waals surface area contributed by atoms with Crippen molar-refractivity contribution >= 4 is 59.6 Å². The van der Waals surface area contributed by atoms with Gasteiger partial charge in [0.25, 0.3) is 5.92 Å². The van der Waals surface area contributed by atoms with Gasteiger partial charge >= 0.3 is 6.18 Å². The van der Waals surface area contributed by atoms with Gasteiger partial charge in [-0.05, 0) is 93.1 Å². The number of nitrogens with zero attached hydrogens (tertiary/aromatic N) is 5. The number of rotatable bonds is 11. The van der Waals surface area contributed by atoms with Crippen LogP contribution in [0.2, 0.25) is 5.02 Å². The maximum Gasteiger partial charge on any atom is 0.435 e. The van der Waals surface area contributed by atoms with E-state index in [0.717, 1.165) is 12.1 Å². The van der Waals surface area contributed by atoms with Crippen molar-refractivity contribution in [2.45, 2.75) is 80.1 Å². The summed E-state index contributed by atoms with van der Waals surface area (Å²) in [7, 11) is -5.01. The van der Waals surface area contributed by atoms with Gasteiger partial charge in [-0.3, -0.25) is 18.9 Å². The van der Waals surface area contributed by atoms with Gasteiger partial charge in [-0.2, -0.15) is 32.1 Å². The number of hydrogen-bond acceptors (Lipinski definition) is 7. The summed E-state index contributed by atoms with van der Waals surface area (Å²) >= 11 is 6.67. The SMILES string of the molecule is C=S(C)(=O)Nc1nn(C)c2c(-c3ccc(C#CC(C)(C)S(=O)(=O)C4CC4)nc3[C@H](Cc3cc(F)cc(F)c3)NC(=O)Cn3nc(C(F)(F)F)c4c3C(F)(F)[C@@H]3C[C@H]43)ccc(Cl)c12. The minimum Gasteiger partial charge on any atom is -0.346 e. The third-order valence-corrected chi connectivity index (χ3v) is 15.0. The lowest BCUT2D eigenvalue weighted by molar-refractivity contribution is -0.142. The third kappa shape index (κ3) is 7.91. The number of carbonyl (C=O) groups is 1. The van der Waals surface area contributed by atoms with Crippen molar-refractivity contribution in [1.82, 2.24) is 29.9 Å². The van der Waals surface area contributed by atoms with Crippen LogP contribution in [-0.4, -0.2) is 65.2 Å². The Labute approximate surface area is 356 Å². The van der Waals surface area contributed by atoms with Crippen molar-refractivity contribution in [2.75, 3.05) is 11.0 Å². The number of hydrogen-bond donors (Lipinski definition) is 2. The van der Waals surface area contributed by atoms with E-state index >= 15 is 8.78 Å². The van der Waals surface area contributed by atoms with Gasteiger partial charge < -0.3 is 5.32 Å². The van der Waals surface area contributed by atoms with Crippen LogP contribution in [0.1, 0.15) is 79.0 Å². The Kier molecular flexibility index (Phi) is 10.3. The van der Waals surface area contributed by atoms with E-state index in [9.17, 15) is 39.4 Å². The van der Waals surface area contributed by atoms with Crippen molar-refractivity contribution in [3.05, 3.63) is 93.0 Å². The van der Waals surface area contributed by atoms with Gasteiger partial charge in [-0.1, -0.05) is 23.6 Å². The van der Waals surface area contributed by atoms with Gasteiger partial charge in [0.1, 0.15) is 34.3 Å². The average Bonchev–Trinajstić information content (AvgIpc) is 4.07.